The van der Waals surface area contributed by atoms with Crippen molar-refractivity contribution in [1.29, 1.82) is 0 Å². The molecule has 7 heteroatoms. The normalized spacial score (nSPS) is 10.5. The first-order valence-corrected chi connectivity index (χ1v) is 7.07. The summed E-state index contributed by atoms with van der Waals surface area (Å²) in [5, 5.41) is 3.95. The van der Waals surface area contributed by atoms with Gasteiger partial charge in [-0.25, -0.2) is 4.79 Å². The van der Waals surface area contributed by atoms with Crippen molar-refractivity contribution in [3.8, 4) is 11.3 Å². The highest BCUT2D eigenvalue weighted by atomic mass is 79.9. The number of halogens is 2. The minimum Gasteiger partial charge on any atom is -0.462 e. The van der Waals surface area contributed by atoms with Crippen molar-refractivity contribution in [3.05, 3.63) is 32.7 Å². The van der Waals surface area contributed by atoms with Crippen LogP contribution >= 0.6 is 31.9 Å². The van der Waals surface area contributed by atoms with E-state index in [1.165, 1.54) is 0 Å². The molecule has 0 aliphatic rings. The predicted molar refractivity (Wildman–Crippen MR) is 75.8 cm³/mol. The van der Waals surface area contributed by atoms with Crippen LogP contribution in [0.25, 0.3) is 11.3 Å². The molecule has 0 N–H and O–H groups in total. The van der Waals surface area contributed by atoms with Crippen molar-refractivity contribution in [2.75, 3.05) is 6.61 Å². The quantitative estimate of drug-likeness (QED) is 0.748. The second-order valence-corrected chi connectivity index (χ2v) is 5.37. The Morgan fingerprint density at radius 3 is 2.58 bits per heavy atom. The van der Waals surface area contributed by atoms with Gasteiger partial charge in [0, 0.05) is 26.9 Å². The summed E-state index contributed by atoms with van der Waals surface area (Å²) in [7, 11) is 0. The van der Waals surface area contributed by atoms with Gasteiger partial charge in [-0.2, -0.15) is 0 Å². The molecule has 0 saturated heterocycles. The van der Waals surface area contributed by atoms with Gasteiger partial charge < -0.3 is 9.26 Å². The lowest BCUT2D eigenvalue weighted by Crippen LogP contribution is -2.07. The third-order valence-electron chi connectivity index (χ3n) is 2.43. The molecule has 0 spiro atoms. The van der Waals surface area contributed by atoms with E-state index in [1.807, 2.05) is 0 Å². The van der Waals surface area contributed by atoms with Crippen LogP contribution in [-0.4, -0.2) is 22.7 Å². The van der Waals surface area contributed by atoms with Crippen LogP contribution in [0.1, 0.15) is 23.0 Å². The van der Waals surface area contributed by atoms with Crippen molar-refractivity contribution < 1.29 is 14.1 Å². The number of hydrogen-bond acceptors (Lipinski definition) is 5. The summed E-state index contributed by atoms with van der Waals surface area (Å²) in [4.78, 5) is 16.0. The van der Waals surface area contributed by atoms with Crippen molar-refractivity contribution in [3.63, 3.8) is 0 Å². The summed E-state index contributed by atoms with van der Waals surface area (Å²) in [6, 6.07) is 0. The largest absolute Gasteiger partial charge is 0.462 e. The summed E-state index contributed by atoms with van der Waals surface area (Å²) in [5.74, 6) is -0.0316. The molecule has 2 rings (SSSR count). The Bertz CT molecular complexity index is 605. The number of pyridine rings is 1. The van der Waals surface area contributed by atoms with Crippen molar-refractivity contribution in [2.24, 2.45) is 0 Å². The molecule has 2 aromatic heterocycles. The van der Waals surface area contributed by atoms with Crippen molar-refractivity contribution in [2.45, 2.75) is 13.8 Å². The maximum Gasteiger partial charge on any atom is 0.344 e. The molecule has 0 amide bonds. The number of aromatic nitrogens is 2. The summed E-state index contributed by atoms with van der Waals surface area (Å²) in [6.45, 7) is 3.71. The molecule has 0 bridgehead atoms. The van der Waals surface area contributed by atoms with Gasteiger partial charge in [-0.3, -0.25) is 4.98 Å². The van der Waals surface area contributed by atoms with Crippen LogP contribution in [-0.2, 0) is 4.74 Å². The molecular formula is C12H10Br2N2O3. The Hall–Kier alpha value is -1.21. The number of aryl methyl sites for hydroxylation is 1. The highest BCUT2D eigenvalue weighted by Gasteiger charge is 2.25. The molecule has 2 aromatic rings. The first-order valence-electron chi connectivity index (χ1n) is 5.49. The van der Waals surface area contributed by atoms with E-state index in [2.05, 4.69) is 42.0 Å². The van der Waals surface area contributed by atoms with E-state index in [-0.39, 0.29) is 0 Å². The maximum absolute atomic E-state index is 12.0. The summed E-state index contributed by atoms with van der Waals surface area (Å²) < 4.78 is 11.6. The van der Waals surface area contributed by atoms with E-state index in [1.54, 1.807) is 26.2 Å². The topological polar surface area (TPSA) is 65.2 Å². The summed E-state index contributed by atoms with van der Waals surface area (Å²) in [5.41, 5.74) is 1.46. The molecule has 0 aromatic carbocycles. The van der Waals surface area contributed by atoms with E-state index < -0.39 is 5.97 Å². The van der Waals surface area contributed by atoms with Gasteiger partial charge in [0.2, 0.25) is 0 Å². The number of carbonyl (C=O) groups excluding carboxylic acids is 1. The lowest BCUT2D eigenvalue weighted by molar-refractivity contribution is 0.0525. The van der Waals surface area contributed by atoms with Crippen LogP contribution in [0.4, 0.5) is 0 Å². The molecule has 100 valence electrons. The van der Waals surface area contributed by atoms with E-state index in [0.717, 1.165) is 0 Å². The fraction of sp³-hybridized carbons (Fsp3) is 0.250. The van der Waals surface area contributed by atoms with Gasteiger partial charge >= 0.3 is 5.97 Å². The second-order valence-electron chi connectivity index (χ2n) is 3.66. The van der Waals surface area contributed by atoms with Crippen molar-refractivity contribution >= 4 is 37.8 Å². The predicted octanol–water partition coefficient (Wildman–Crippen LogP) is 3.75. The highest BCUT2D eigenvalue weighted by molar-refractivity contribution is 9.11. The van der Waals surface area contributed by atoms with E-state index in [9.17, 15) is 4.79 Å². The Morgan fingerprint density at radius 2 is 2.00 bits per heavy atom. The Kier molecular flexibility index (Phi) is 4.36. The first kappa shape index (κ1) is 14.2. The van der Waals surface area contributed by atoms with Crippen LogP contribution in [0.15, 0.2) is 25.9 Å². The molecule has 0 atom stereocenters. The van der Waals surface area contributed by atoms with Gasteiger partial charge in [0.1, 0.15) is 17.0 Å². The maximum atomic E-state index is 12.0. The molecule has 0 saturated carbocycles. The molecular weight excluding hydrogens is 380 g/mol. The molecule has 0 fully saturated rings. The van der Waals surface area contributed by atoms with Gasteiger partial charge in [-0.15, -0.1) is 0 Å². The van der Waals surface area contributed by atoms with E-state index in [4.69, 9.17) is 9.26 Å². The van der Waals surface area contributed by atoms with Crippen LogP contribution < -0.4 is 0 Å². The first-order chi connectivity index (χ1) is 9.06. The minimum atomic E-state index is -0.452. The molecule has 0 aliphatic heterocycles. The summed E-state index contributed by atoms with van der Waals surface area (Å²) >= 11 is 6.78. The average molecular weight is 390 g/mol. The van der Waals surface area contributed by atoms with Gasteiger partial charge in [0.15, 0.2) is 0 Å². The molecule has 0 radical (unpaired) electrons. The van der Waals surface area contributed by atoms with Gasteiger partial charge in [-0.05, 0) is 45.7 Å². The number of carbonyl (C=O) groups is 1. The van der Waals surface area contributed by atoms with Crippen LogP contribution in [0.2, 0.25) is 0 Å². The van der Waals surface area contributed by atoms with E-state index >= 15 is 0 Å². The third kappa shape index (κ3) is 2.71. The number of esters is 1. The Balaban J connectivity index is 2.61. The zero-order valence-corrected chi connectivity index (χ0v) is 13.4. The van der Waals surface area contributed by atoms with Gasteiger partial charge in [0.05, 0.1) is 6.61 Å². The third-order valence-corrected chi connectivity index (χ3v) is 3.64. The number of nitrogens with zero attached hydrogens (tertiary/aromatic N) is 2. The molecule has 2 heterocycles. The fourth-order valence-electron chi connectivity index (χ4n) is 1.62. The van der Waals surface area contributed by atoms with Gasteiger partial charge in [0.25, 0.3) is 0 Å². The van der Waals surface area contributed by atoms with Crippen LogP contribution in [0.3, 0.4) is 0 Å². The average Bonchev–Trinajstić information content (AvgIpc) is 2.71. The summed E-state index contributed by atoms with van der Waals surface area (Å²) in [6.07, 6.45) is 3.25. The van der Waals surface area contributed by atoms with Gasteiger partial charge in [-0.1, -0.05) is 5.16 Å². The van der Waals surface area contributed by atoms with Crippen LogP contribution in [0, 0.1) is 6.92 Å². The number of rotatable bonds is 3. The molecule has 5 nitrogen and oxygen atoms in total. The second kappa shape index (κ2) is 5.83. The van der Waals surface area contributed by atoms with Crippen molar-refractivity contribution in [1.82, 2.24) is 10.1 Å². The van der Waals surface area contributed by atoms with E-state index in [0.29, 0.717) is 38.1 Å². The lowest BCUT2D eigenvalue weighted by Gasteiger charge is -2.06. The highest BCUT2D eigenvalue weighted by Crippen LogP contribution is 2.36. The smallest absolute Gasteiger partial charge is 0.344 e. The Labute approximate surface area is 126 Å². The number of ether oxygens (including phenoxy) is 1. The van der Waals surface area contributed by atoms with Crippen LogP contribution in [0.5, 0.6) is 0 Å². The minimum absolute atomic E-state index is 0.293. The molecule has 19 heavy (non-hydrogen) atoms. The lowest BCUT2D eigenvalue weighted by atomic mass is 10.1. The zero-order valence-electron chi connectivity index (χ0n) is 10.2. The molecule has 0 aliphatic carbocycles. The Morgan fingerprint density at radius 1 is 1.37 bits per heavy atom. The molecule has 0 unspecified atom stereocenters. The monoisotopic (exact) mass is 388 g/mol. The number of hydrogen-bond donors (Lipinski definition) is 0. The fourth-order valence-corrected chi connectivity index (χ4v) is 2.93. The zero-order chi connectivity index (χ0) is 14.0. The standard InChI is InChI=1S/C12H10Br2N2O3/c1-3-18-12(17)9-6(2)19-16-11(9)10-7(13)4-15-5-8(10)14/h4-5H,3H2,1-2H3. The SMILES string of the molecule is CCOC(=O)c1c(-c2c(Br)cncc2Br)noc1C.